The number of hydrogen-bond donors (Lipinski definition) is 1. The van der Waals surface area contributed by atoms with Crippen molar-refractivity contribution in [3.63, 3.8) is 0 Å². The van der Waals surface area contributed by atoms with E-state index in [1.54, 1.807) is 24.5 Å². The van der Waals surface area contributed by atoms with E-state index in [2.05, 4.69) is 53.8 Å². The van der Waals surface area contributed by atoms with Gasteiger partial charge in [0.1, 0.15) is 0 Å². The summed E-state index contributed by atoms with van der Waals surface area (Å²) in [4.78, 5) is 15.8. The standard InChI is InChI=1S/C17H22N4O/c1-12(2)11-21-13(3)8-16(14(21)4)10-19-20-17(22)15-6-5-7-18-9-15/h5-10,12H,11H2,1-4H3,(H,20,22)/b19-10-. The number of nitrogens with zero attached hydrogens (tertiary/aromatic N) is 3. The average Bonchev–Trinajstić information content (AvgIpc) is 2.75. The number of aryl methyl sites for hydroxylation is 1. The third-order valence-electron chi connectivity index (χ3n) is 3.45. The third kappa shape index (κ3) is 3.81. The molecule has 0 bridgehead atoms. The molecular formula is C17H22N4O. The van der Waals surface area contributed by atoms with E-state index in [1.807, 2.05) is 0 Å². The third-order valence-corrected chi connectivity index (χ3v) is 3.45. The second-order valence-electron chi connectivity index (χ2n) is 5.77. The van der Waals surface area contributed by atoms with Gasteiger partial charge in [-0.2, -0.15) is 5.10 Å². The van der Waals surface area contributed by atoms with Crippen LogP contribution in [0.1, 0.15) is 41.2 Å². The zero-order valence-electron chi connectivity index (χ0n) is 13.5. The largest absolute Gasteiger partial charge is 0.348 e. The van der Waals surface area contributed by atoms with Crippen LogP contribution >= 0.6 is 0 Å². The molecule has 5 heteroatoms. The molecule has 2 heterocycles. The number of rotatable bonds is 5. The SMILES string of the molecule is Cc1cc(/C=N\NC(=O)c2cccnc2)c(C)n1CC(C)C. The van der Waals surface area contributed by atoms with Crippen LogP contribution in [0.2, 0.25) is 0 Å². The van der Waals surface area contributed by atoms with Crippen molar-refractivity contribution in [1.82, 2.24) is 15.0 Å². The Kier molecular flexibility index (Phi) is 5.09. The highest BCUT2D eigenvalue weighted by atomic mass is 16.2. The van der Waals surface area contributed by atoms with Gasteiger partial charge in [0.15, 0.2) is 0 Å². The monoisotopic (exact) mass is 298 g/mol. The van der Waals surface area contributed by atoms with E-state index in [9.17, 15) is 4.79 Å². The lowest BCUT2D eigenvalue weighted by atomic mass is 10.2. The van der Waals surface area contributed by atoms with Gasteiger partial charge in [-0.3, -0.25) is 9.78 Å². The van der Waals surface area contributed by atoms with Gasteiger partial charge in [0.25, 0.3) is 5.91 Å². The van der Waals surface area contributed by atoms with Crippen molar-refractivity contribution in [1.29, 1.82) is 0 Å². The molecule has 0 saturated carbocycles. The van der Waals surface area contributed by atoms with Crippen LogP contribution in [0.15, 0.2) is 35.7 Å². The molecule has 116 valence electrons. The minimum atomic E-state index is -0.264. The first-order valence-corrected chi connectivity index (χ1v) is 7.39. The second-order valence-corrected chi connectivity index (χ2v) is 5.77. The van der Waals surface area contributed by atoms with Crippen molar-refractivity contribution in [2.75, 3.05) is 0 Å². The number of hydrogen-bond acceptors (Lipinski definition) is 3. The van der Waals surface area contributed by atoms with E-state index < -0.39 is 0 Å². The number of pyridine rings is 1. The van der Waals surface area contributed by atoms with Crippen LogP contribution in [0.5, 0.6) is 0 Å². The second kappa shape index (κ2) is 7.02. The molecule has 2 aromatic rings. The molecule has 1 amide bonds. The Labute approximate surface area is 131 Å². The fourth-order valence-corrected chi connectivity index (χ4v) is 2.33. The van der Waals surface area contributed by atoms with Gasteiger partial charge in [-0.05, 0) is 38.0 Å². The topological polar surface area (TPSA) is 59.3 Å². The van der Waals surface area contributed by atoms with Crippen LogP contribution in [-0.2, 0) is 6.54 Å². The van der Waals surface area contributed by atoms with E-state index >= 15 is 0 Å². The zero-order chi connectivity index (χ0) is 16.1. The van der Waals surface area contributed by atoms with Crippen LogP contribution in [0.25, 0.3) is 0 Å². The number of carbonyl (C=O) groups excluding carboxylic acids is 1. The summed E-state index contributed by atoms with van der Waals surface area (Å²) in [6, 6.07) is 5.50. The lowest BCUT2D eigenvalue weighted by molar-refractivity contribution is 0.0955. The number of amides is 1. The van der Waals surface area contributed by atoms with Gasteiger partial charge in [0.05, 0.1) is 11.8 Å². The number of carbonyl (C=O) groups is 1. The van der Waals surface area contributed by atoms with Gasteiger partial charge < -0.3 is 4.57 Å². The highest BCUT2D eigenvalue weighted by Gasteiger charge is 2.09. The van der Waals surface area contributed by atoms with Crippen LogP contribution < -0.4 is 5.43 Å². The Morgan fingerprint density at radius 1 is 1.45 bits per heavy atom. The minimum Gasteiger partial charge on any atom is -0.348 e. The van der Waals surface area contributed by atoms with Gasteiger partial charge in [0.2, 0.25) is 0 Å². The smallest absolute Gasteiger partial charge is 0.272 e. The van der Waals surface area contributed by atoms with Crippen molar-refractivity contribution in [3.8, 4) is 0 Å². The first kappa shape index (κ1) is 15.9. The first-order valence-electron chi connectivity index (χ1n) is 7.39. The maximum atomic E-state index is 11.9. The Balaban J connectivity index is 2.06. The van der Waals surface area contributed by atoms with Crippen molar-refractivity contribution < 1.29 is 4.79 Å². The fourth-order valence-electron chi connectivity index (χ4n) is 2.33. The van der Waals surface area contributed by atoms with E-state index in [1.165, 1.54) is 11.9 Å². The lowest BCUT2D eigenvalue weighted by Crippen LogP contribution is -2.17. The summed E-state index contributed by atoms with van der Waals surface area (Å²) in [5.41, 5.74) is 6.39. The van der Waals surface area contributed by atoms with Gasteiger partial charge >= 0.3 is 0 Å². The highest BCUT2D eigenvalue weighted by Crippen LogP contribution is 2.15. The lowest BCUT2D eigenvalue weighted by Gasteiger charge is -2.11. The Morgan fingerprint density at radius 3 is 2.86 bits per heavy atom. The zero-order valence-corrected chi connectivity index (χ0v) is 13.5. The first-order chi connectivity index (χ1) is 10.5. The fraction of sp³-hybridized carbons (Fsp3) is 0.353. The van der Waals surface area contributed by atoms with Crippen molar-refractivity contribution in [2.45, 2.75) is 34.2 Å². The summed E-state index contributed by atoms with van der Waals surface area (Å²) < 4.78 is 2.27. The Bertz CT molecular complexity index is 671. The van der Waals surface area contributed by atoms with Crippen molar-refractivity contribution >= 4 is 12.1 Å². The summed E-state index contributed by atoms with van der Waals surface area (Å²) in [5, 5.41) is 4.05. The highest BCUT2D eigenvalue weighted by molar-refractivity contribution is 5.94. The number of aromatic nitrogens is 2. The van der Waals surface area contributed by atoms with Crippen LogP contribution in [0.3, 0.4) is 0 Å². The Hall–Kier alpha value is -2.43. The van der Waals surface area contributed by atoms with E-state index in [0.717, 1.165) is 17.8 Å². The molecule has 0 aromatic carbocycles. The molecule has 0 spiro atoms. The molecule has 0 saturated heterocycles. The van der Waals surface area contributed by atoms with Gasteiger partial charge in [-0.1, -0.05) is 13.8 Å². The molecule has 0 fully saturated rings. The number of nitrogens with one attached hydrogen (secondary N) is 1. The maximum absolute atomic E-state index is 11.9. The van der Waals surface area contributed by atoms with Gasteiger partial charge in [-0.25, -0.2) is 5.43 Å². The van der Waals surface area contributed by atoms with Gasteiger partial charge in [0, 0.05) is 35.9 Å². The molecular weight excluding hydrogens is 276 g/mol. The summed E-state index contributed by atoms with van der Waals surface area (Å²) in [7, 11) is 0. The van der Waals surface area contributed by atoms with Crippen molar-refractivity contribution in [3.05, 3.63) is 53.1 Å². The predicted molar refractivity (Wildman–Crippen MR) is 88.0 cm³/mol. The van der Waals surface area contributed by atoms with E-state index in [0.29, 0.717) is 11.5 Å². The molecule has 0 unspecified atom stereocenters. The maximum Gasteiger partial charge on any atom is 0.272 e. The predicted octanol–water partition coefficient (Wildman–Crippen LogP) is 2.92. The molecule has 2 aromatic heterocycles. The molecule has 22 heavy (non-hydrogen) atoms. The normalized spacial score (nSPS) is 11.3. The molecule has 5 nitrogen and oxygen atoms in total. The minimum absolute atomic E-state index is 0.264. The summed E-state index contributed by atoms with van der Waals surface area (Å²) in [6.45, 7) is 9.52. The molecule has 2 rings (SSSR count). The molecule has 0 aliphatic heterocycles. The van der Waals surface area contributed by atoms with E-state index in [4.69, 9.17) is 0 Å². The van der Waals surface area contributed by atoms with Crippen molar-refractivity contribution in [2.24, 2.45) is 11.0 Å². The summed E-state index contributed by atoms with van der Waals surface area (Å²) >= 11 is 0. The van der Waals surface area contributed by atoms with Crippen LogP contribution in [-0.4, -0.2) is 21.7 Å². The molecule has 0 atom stereocenters. The molecule has 0 aliphatic carbocycles. The summed E-state index contributed by atoms with van der Waals surface area (Å²) in [6.07, 6.45) is 4.83. The van der Waals surface area contributed by atoms with E-state index in [-0.39, 0.29) is 5.91 Å². The molecule has 0 radical (unpaired) electrons. The number of hydrazone groups is 1. The molecule has 0 aliphatic rings. The van der Waals surface area contributed by atoms with Crippen LogP contribution in [0, 0.1) is 19.8 Å². The quantitative estimate of drug-likeness (QED) is 0.681. The Morgan fingerprint density at radius 2 is 2.23 bits per heavy atom. The average molecular weight is 298 g/mol. The van der Waals surface area contributed by atoms with Gasteiger partial charge in [-0.15, -0.1) is 0 Å². The van der Waals surface area contributed by atoms with Crippen LogP contribution in [0.4, 0.5) is 0 Å². The molecule has 1 N–H and O–H groups in total. The summed E-state index contributed by atoms with van der Waals surface area (Å²) in [5.74, 6) is 0.320.